The number of nitrogens with zero attached hydrogens (tertiary/aromatic N) is 3. The number of aromatic nitrogens is 3. The minimum Gasteiger partial charge on any atom is -0.486 e. The molecule has 0 saturated heterocycles. The summed E-state index contributed by atoms with van der Waals surface area (Å²) in [6, 6.07) is 14.6. The highest BCUT2D eigenvalue weighted by molar-refractivity contribution is 5.94. The first kappa shape index (κ1) is 23.3. The Balaban J connectivity index is 1.39. The molecule has 4 heterocycles. The topological polar surface area (TPSA) is 107 Å². The lowest BCUT2D eigenvalue weighted by atomic mass is 10.1. The summed E-state index contributed by atoms with van der Waals surface area (Å²) in [6.45, 7) is 1.11. The van der Waals surface area contributed by atoms with Crippen LogP contribution in [0.25, 0.3) is 10.9 Å². The van der Waals surface area contributed by atoms with E-state index in [1.54, 1.807) is 27.8 Å². The number of methoxy groups -OCH3 is 1. The SMILES string of the molecule is COC(=O)c1c(OCc2ccccn2)cc(=O)n2c1CCN(C(=O)Cc1c[nH]c3ccccc13)CC2. The maximum Gasteiger partial charge on any atom is 0.343 e. The Bertz CT molecular complexity index is 1470. The number of H-pyrrole nitrogens is 1. The molecule has 0 radical (unpaired) electrons. The molecule has 0 aliphatic carbocycles. The second-order valence-corrected chi connectivity index (χ2v) is 8.59. The molecule has 0 atom stereocenters. The molecule has 0 saturated carbocycles. The largest absolute Gasteiger partial charge is 0.486 e. The molecule has 1 aliphatic rings. The fourth-order valence-corrected chi connectivity index (χ4v) is 4.62. The van der Waals surface area contributed by atoms with E-state index in [9.17, 15) is 14.4 Å². The number of pyridine rings is 2. The van der Waals surface area contributed by atoms with Crippen LogP contribution in [0.2, 0.25) is 0 Å². The minimum atomic E-state index is -0.590. The van der Waals surface area contributed by atoms with Crippen LogP contribution >= 0.6 is 0 Å². The van der Waals surface area contributed by atoms with Crippen molar-refractivity contribution in [1.29, 1.82) is 0 Å². The average Bonchev–Trinajstić information content (AvgIpc) is 3.16. The summed E-state index contributed by atoms with van der Waals surface area (Å²) in [5.74, 6) is -0.470. The molecule has 0 spiro atoms. The lowest BCUT2D eigenvalue weighted by molar-refractivity contribution is -0.130. The molecule has 0 bridgehead atoms. The van der Waals surface area contributed by atoms with Crippen molar-refractivity contribution in [3.63, 3.8) is 0 Å². The minimum absolute atomic E-state index is 0.0353. The Morgan fingerprint density at radius 3 is 2.72 bits per heavy atom. The number of hydrogen-bond acceptors (Lipinski definition) is 6. The van der Waals surface area contributed by atoms with E-state index in [1.807, 2.05) is 36.5 Å². The van der Waals surface area contributed by atoms with E-state index in [1.165, 1.54) is 13.2 Å². The van der Waals surface area contributed by atoms with Crippen LogP contribution in [0.1, 0.15) is 27.3 Å². The molecule has 3 aromatic heterocycles. The van der Waals surface area contributed by atoms with Crippen LogP contribution in [0.4, 0.5) is 0 Å². The molecular formula is C27H26N4O5. The number of carbonyl (C=O) groups is 2. The summed E-state index contributed by atoms with van der Waals surface area (Å²) in [7, 11) is 1.29. The van der Waals surface area contributed by atoms with Gasteiger partial charge in [-0.25, -0.2) is 4.79 Å². The lowest BCUT2D eigenvalue weighted by Gasteiger charge is -2.19. The van der Waals surface area contributed by atoms with Crippen molar-refractivity contribution in [2.24, 2.45) is 0 Å². The van der Waals surface area contributed by atoms with Gasteiger partial charge in [0.05, 0.1) is 19.2 Å². The second-order valence-electron chi connectivity index (χ2n) is 8.59. The van der Waals surface area contributed by atoms with E-state index in [4.69, 9.17) is 9.47 Å². The number of rotatable bonds is 6. The maximum absolute atomic E-state index is 13.2. The third kappa shape index (κ3) is 4.59. The van der Waals surface area contributed by atoms with Crippen LogP contribution in [0.15, 0.2) is 65.7 Å². The quantitative estimate of drug-likeness (QED) is 0.420. The van der Waals surface area contributed by atoms with E-state index in [2.05, 4.69) is 9.97 Å². The van der Waals surface area contributed by atoms with Gasteiger partial charge >= 0.3 is 5.97 Å². The zero-order valence-electron chi connectivity index (χ0n) is 19.9. The molecule has 184 valence electrons. The molecule has 1 N–H and O–H groups in total. The molecule has 9 nitrogen and oxygen atoms in total. The first-order chi connectivity index (χ1) is 17.5. The molecule has 9 heteroatoms. The number of aromatic amines is 1. The zero-order chi connectivity index (χ0) is 25.1. The van der Waals surface area contributed by atoms with Crippen LogP contribution in [0.5, 0.6) is 5.75 Å². The highest BCUT2D eigenvalue weighted by Gasteiger charge is 2.27. The molecule has 36 heavy (non-hydrogen) atoms. The van der Waals surface area contributed by atoms with E-state index < -0.39 is 5.97 Å². The van der Waals surface area contributed by atoms with Crippen molar-refractivity contribution in [3.8, 4) is 5.75 Å². The van der Waals surface area contributed by atoms with Gasteiger partial charge in [0.15, 0.2) is 0 Å². The van der Waals surface area contributed by atoms with E-state index in [0.29, 0.717) is 30.9 Å². The standard InChI is InChI=1S/C27H26N4O5/c1-35-27(34)26-22-9-11-30(24(32)14-18-16-29-21-8-3-2-7-20(18)21)12-13-31(22)25(33)15-23(26)36-17-19-6-4-5-10-28-19/h2-8,10,15-16,29H,9,11-14,17H2,1H3. The van der Waals surface area contributed by atoms with Crippen molar-refractivity contribution in [2.45, 2.75) is 26.0 Å². The van der Waals surface area contributed by atoms with E-state index in [0.717, 1.165) is 16.5 Å². The molecule has 4 aromatic rings. The Hall–Kier alpha value is -4.40. The van der Waals surface area contributed by atoms with Gasteiger partial charge in [-0.1, -0.05) is 24.3 Å². The zero-order valence-corrected chi connectivity index (χ0v) is 19.9. The van der Waals surface area contributed by atoms with Gasteiger partial charge in [0, 0.05) is 61.1 Å². The number of para-hydroxylation sites is 1. The number of fused-ring (bicyclic) bond motifs is 2. The van der Waals surface area contributed by atoms with Crippen molar-refractivity contribution >= 4 is 22.8 Å². The first-order valence-electron chi connectivity index (χ1n) is 11.8. The predicted molar refractivity (Wildman–Crippen MR) is 133 cm³/mol. The van der Waals surface area contributed by atoms with Crippen molar-refractivity contribution < 1.29 is 19.1 Å². The van der Waals surface area contributed by atoms with Crippen molar-refractivity contribution in [3.05, 3.63) is 93.8 Å². The van der Waals surface area contributed by atoms with Gasteiger partial charge in [-0.15, -0.1) is 0 Å². The van der Waals surface area contributed by atoms with Crippen LogP contribution in [0, 0.1) is 0 Å². The summed E-state index contributed by atoms with van der Waals surface area (Å²) < 4.78 is 12.4. The lowest BCUT2D eigenvalue weighted by Crippen LogP contribution is -2.35. The van der Waals surface area contributed by atoms with Gasteiger partial charge in [0.25, 0.3) is 5.56 Å². The Morgan fingerprint density at radius 1 is 1.08 bits per heavy atom. The van der Waals surface area contributed by atoms with Crippen LogP contribution in [-0.4, -0.2) is 51.5 Å². The van der Waals surface area contributed by atoms with Crippen LogP contribution < -0.4 is 10.3 Å². The highest BCUT2D eigenvalue weighted by atomic mass is 16.5. The maximum atomic E-state index is 13.2. The third-order valence-corrected chi connectivity index (χ3v) is 6.45. The Morgan fingerprint density at radius 2 is 1.92 bits per heavy atom. The molecular weight excluding hydrogens is 460 g/mol. The van der Waals surface area contributed by atoms with E-state index in [-0.39, 0.29) is 42.4 Å². The summed E-state index contributed by atoms with van der Waals surface area (Å²) in [5.41, 5.74) is 3.00. The van der Waals surface area contributed by atoms with Gasteiger partial charge in [-0.2, -0.15) is 0 Å². The number of benzene rings is 1. The normalized spacial score (nSPS) is 13.2. The van der Waals surface area contributed by atoms with Crippen molar-refractivity contribution in [1.82, 2.24) is 19.4 Å². The summed E-state index contributed by atoms with van der Waals surface area (Å²) in [4.78, 5) is 48.1. The fraction of sp³-hybridized carbons (Fsp3) is 0.259. The molecule has 0 fully saturated rings. The summed E-state index contributed by atoms with van der Waals surface area (Å²) in [5, 5.41) is 1.02. The van der Waals surface area contributed by atoms with Crippen LogP contribution in [0.3, 0.4) is 0 Å². The van der Waals surface area contributed by atoms with Gasteiger partial charge in [0.2, 0.25) is 5.91 Å². The first-order valence-corrected chi connectivity index (χ1v) is 11.8. The number of hydrogen-bond donors (Lipinski definition) is 1. The van der Waals surface area contributed by atoms with Gasteiger partial charge < -0.3 is 23.9 Å². The Labute approximate surface area is 207 Å². The van der Waals surface area contributed by atoms with Crippen molar-refractivity contribution in [2.75, 3.05) is 20.2 Å². The predicted octanol–water partition coefficient (Wildman–Crippen LogP) is 2.72. The van der Waals surface area contributed by atoms with Gasteiger partial charge in [-0.3, -0.25) is 14.6 Å². The number of nitrogens with one attached hydrogen (secondary N) is 1. The molecule has 1 aromatic carbocycles. The van der Waals surface area contributed by atoms with Gasteiger partial charge in [0.1, 0.15) is 17.9 Å². The van der Waals surface area contributed by atoms with E-state index >= 15 is 0 Å². The number of esters is 1. The number of ether oxygens (including phenoxy) is 2. The number of carbonyl (C=O) groups excluding carboxylic acids is 2. The second kappa shape index (κ2) is 10.1. The number of amides is 1. The Kier molecular flexibility index (Phi) is 6.53. The fourth-order valence-electron chi connectivity index (χ4n) is 4.62. The molecule has 1 amide bonds. The average molecular weight is 487 g/mol. The monoisotopic (exact) mass is 486 g/mol. The smallest absolute Gasteiger partial charge is 0.343 e. The molecule has 5 rings (SSSR count). The molecule has 0 unspecified atom stereocenters. The van der Waals surface area contributed by atoms with Crippen LogP contribution in [-0.2, 0) is 35.5 Å². The van der Waals surface area contributed by atoms with Gasteiger partial charge in [-0.05, 0) is 23.8 Å². The third-order valence-electron chi connectivity index (χ3n) is 6.45. The summed E-state index contributed by atoms with van der Waals surface area (Å²) >= 11 is 0. The highest BCUT2D eigenvalue weighted by Crippen LogP contribution is 2.25. The summed E-state index contributed by atoms with van der Waals surface area (Å²) in [6.07, 6.45) is 4.07. The molecule has 1 aliphatic heterocycles.